The summed E-state index contributed by atoms with van der Waals surface area (Å²) in [6, 6.07) is 7.38. The highest BCUT2D eigenvalue weighted by molar-refractivity contribution is 7.13. The average molecular weight is 409 g/mol. The van der Waals surface area contributed by atoms with Crippen molar-refractivity contribution in [2.45, 2.75) is 26.7 Å². The molecule has 0 atom stereocenters. The molecular weight excluding hydrogens is 392 g/mol. The van der Waals surface area contributed by atoms with Gasteiger partial charge in [0.2, 0.25) is 11.8 Å². The van der Waals surface area contributed by atoms with Crippen LogP contribution >= 0.6 is 11.3 Å². The number of hydrogen-bond donors (Lipinski definition) is 1. The fraction of sp³-hybridized carbons (Fsp3) is 0.250. The Balaban J connectivity index is 0.00000208. The number of anilines is 2. The summed E-state index contributed by atoms with van der Waals surface area (Å²) in [5, 5.41) is 6.98. The number of thiazole rings is 1. The topological polar surface area (TPSA) is 75.9 Å². The van der Waals surface area contributed by atoms with Gasteiger partial charge in [0.15, 0.2) is 0 Å². The lowest BCUT2D eigenvalue weighted by Gasteiger charge is -2.13. The van der Waals surface area contributed by atoms with Crippen molar-refractivity contribution in [2.75, 3.05) is 10.3 Å². The highest BCUT2D eigenvalue weighted by Gasteiger charge is 2.30. The van der Waals surface area contributed by atoms with Crippen molar-refractivity contribution in [3.05, 3.63) is 29.6 Å². The lowest BCUT2D eigenvalue weighted by molar-refractivity contribution is -0.341. The maximum absolute atomic E-state index is 11.8. The Morgan fingerprint density at radius 2 is 1.79 bits per heavy atom. The highest BCUT2D eigenvalue weighted by Crippen LogP contribution is 2.26. The third kappa shape index (κ3) is 3.88. The summed E-state index contributed by atoms with van der Waals surface area (Å²) >= 11 is 1.52. The molecule has 2 aromatic rings. The van der Waals surface area contributed by atoms with Crippen LogP contribution in [0.2, 0.25) is 0 Å². The predicted molar refractivity (Wildman–Crippen MR) is 90.4 cm³/mol. The van der Waals surface area contributed by atoms with E-state index in [9.17, 15) is 9.59 Å². The molecule has 1 aliphatic rings. The van der Waals surface area contributed by atoms with Crippen LogP contribution in [0.25, 0.3) is 11.3 Å². The van der Waals surface area contributed by atoms with E-state index >= 15 is 0 Å². The molecule has 2 amide bonds. The lowest BCUT2D eigenvalue weighted by Crippen LogP contribution is -3.00. The number of carbonyl (C=O) groups excluding carboxylic acids is 2. The van der Waals surface area contributed by atoms with Gasteiger partial charge in [0.1, 0.15) is 5.69 Å². The number of rotatable bonds is 4. The van der Waals surface area contributed by atoms with Gasteiger partial charge in [-0.25, -0.2) is 4.98 Å². The number of nitrogens with one attached hydrogen (secondary N) is 2. The maximum atomic E-state index is 11.8. The van der Waals surface area contributed by atoms with E-state index in [1.165, 1.54) is 16.2 Å². The SMILES string of the molecule is CC(C)=NNc1[nH+]c(-c2ccc(N3C(=O)CCC3=O)cc2)cs1.[Br-]. The number of H-pyrrole nitrogens is 1. The number of amides is 2. The number of aromatic nitrogens is 1. The Morgan fingerprint density at radius 1 is 1.17 bits per heavy atom. The molecule has 0 bridgehead atoms. The Bertz CT molecular complexity index is 766. The van der Waals surface area contributed by atoms with Gasteiger partial charge >= 0.3 is 5.13 Å². The summed E-state index contributed by atoms with van der Waals surface area (Å²) in [5.74, 6) is -0.270. The predicted octanol–water partition coefficient (Wildman–Crippen LogP) is -0.306. The molecule has 0 saturated carbocycles. The number of hydrogen-bond acceptors (Lipinski definition) is 5. The largest absolute Gasteiger partial charge is 1.00 e. The van der Waals surface area contributed by atoms with Gasteiger partial charge in [-0.3, -0.25) is 14.5 Å². The van der Waals surface area contributed by atoms with Crippen LogP contribution in [0, 0.1) is 0 Å². The Kier molecular flexibility index (Phi) is 5.84. The standard InChI is InChI=1S/C16H16N4O2S.BrH/c1-10(2)18-19-16-17-13(9-23-16)11-3-5-12(6-4-11)20-14(21)7-8-15(20)22;/h3-6,9H,7-8H2,1-2H3,(H,17,19);1H. The Morgan fingerprint density at radius 3 is 2.38 bits per heavy atom. The molecule has 3 rings (SSSR count). The molecule has 6 nitrogen and oxygen atoms in total. The number of nitrogens with zero attached hydrogens (tertiary/aromatic N) is 2. The number of benzene rings is 1. The van der Waals surface area contributed by atoms with Gasteiger partial charge in [-0.15, -0.1) is 5.43 Å². The smallest absolute Gasteiger partial charge is 0.357 e. The lowest BCUT2D eigenvalue weighted by atomic mass is 10.1. The van der Waals surface area contributed by atoms with Crippen LogP contribution in [-0.4, -0.2) is 17.5 Å². The summed E-state index contributed by atoms with van der Waals surface area (Å²) in [6.45, 7) is 3.84. The summed E-state index contributed by atoms with van der Waals surface area (Å²) in [4.78, 5) is 28.0. The van der Waals surface area contributed by atoms with Gasteiger partial charge in [0.25, 0.3) is 0 Å². The van der Waals surface area contributed by atoms with Crippen LogP contribution in [0.3, 0.4) is 0 Å². The number of imide groups is 1. The van der Waals surface area contributed by atoms with Gasteiger partial charge < -0.3 is 17.0 Å². The van der Waals surface area contributed by atoms with Crippen molar-refractivity contribution < 1.29 is 31.6 Å². The first-order chi connectivity index (χ1) is 11.0. The summed E-state index contributed by atoms with van der Waals surface area (Å²) in [7, 11) is 0. The van der Waals surface area contributed by atoms with Crippen LogP contribution in [-0.2, 0) is 9.59 Å². The molecule has 2 heterocycles. The third-order valence-corrected chi connectivity index (χ3v) is 4.19. The molecule has 1 aromatic heterocycles. The molecule has 24 heavy (non-hydrogen) atoms. The van der Waals surface area contributed by atoms with Gasteiger partial charge in [0, 0.05) is 23.8 Å². The molecule has 0 aliphatic carbocycles. The van der Waals surface area contributed by atoms with E-state index in [4.69, 9.17) is 0 Å². The fourth-order valence-electron chi connectivity index (χ4n) is 2.31. The molecule has 1 aromatic carbocycles. The van der Waals surface area contributed by atoms with Crippen LogP contribution in [0.1, 0.15) is 26.7 Å². The molecule has 1 fully saturated rings. The van der Waals surface area contributed by atoms with E-state index in [1.807, 2.05) is 31.4 Å². The van der Waals surface area contributed by atoms with E-state index in [2.05, 4.69) is 15.5 Å². The Labute approximate surface area is 154 Å². The minimum Gasteiger partial charge on any atom is -1.00 e. The van der Waals surface area contributed by atoms with Crippen LogP contribution in [0.4, 0.5) is 10.8 Å². The normalized spacial score (nSPS) is 13.7. The van der Waals surface area contributed by atoms with Crippen LogP contribution in [0.5, 0.6) is 0 Å². The average Bonchev–Trinajstić information content (AvgIpc) is 3.13. The van der Waals surface area contributed by atoms with E-state index < -0.39 is 0 Å². The second-order valence-corrected chi connectivity index (χ2v) is 6.32. The molecule has 1 aliphatic heterocycles. The van der Waals surface area contributed by atoms with Crippen LogP contribution in [0.15, 0.2) is 34.7 Å². The molecular formula is C16H17BrN4O2S. The molecule has 1 saturated heterocycles. The molecule has 0 spiro atoms. The molecule has 2 N–H and O–H groups in total. The van der Waals surface area contributed by atoms with Crippen molar-refractivity contribution in [2.24, 2.45) is 5.10 Å². The minimum absolute atomic E-state index is 0. The molecule has 8 heteroatoms. The second-order valence-electron chi connectivity index (χ2n) is 5.44. The molecule has 0 unspecified atom stereocenters. The number of carbonyl (C=O) groups is 2. The Hall–Kier alpha value is -2.06. The number of aromatic amines is 1. The summed E-state index contributed by atoms with van der Waals surface area (Å²) in [5.41, 5.74) is 6.46. The molecule has 126 valence electrons. The molecule has 0 radical (unpaired) electrons. The number of hydrazone groups is 1. The third-order valence-electron chi connectivity index (χ3n) is 3.41. The maximum Gasteiger partial charge on any atom is 0.357 e. The van der Waals surface area contributed by atoms with Crippen molar-refractivity contribution in [3.8, 4) is 11.3 Å². The minimum atomic E-state index is -0.135. The van der Waals surface area contributed by atoms with Crippen molar-refractivity contribution in [3.63, 3.8) is 0 Å². The van der Waals surface area contributed by atoms with E-state index in [0.29, 0.717) is 18.5 Å². The van der Waals surface area contributed by atoms with E-state index in [1.54, 1.807) is 12.1 Å². The van der Waals surface area contributed by atoms with Gasteiger partial charge in [0.05, 0.1) is 11.4 Å². The first-order valence-corrected chi connectivity index (χ1v) is 8.16. The van der Waals surface area contributed by atoms with Crippen molar-refractivity contribution >= 4 is 39.7 Å². The van der Waals surface area contributed by atoms with Gasteiger partial charge in [-0.1, -0.05) is 16.4 Å². The van der Waals surface area contributed by atoms with Crippen molar-refractivity contribution in [1.29, 1.82) is 0 Å². The summed E-state index contributed by atoms with van der Waals surface area (Å²) < 4.78 is 0. The van der Waals surface area contributed by atoms with Gasteiger partial charge in [-0.05, 0) is 38.1 Å². The first-order valence-electron chi connectivity index (χ1n) is 7.28. The summed E-state index contributed by atoms with van der Waals surface area (Å²) in [6.07, 6.45) is 0.594. The quantitative estimate of drug-likeness (QED) is 0.428. The van der Waals surface area contributed by atoms with Gasteiger partial charge in [-0.2, -0.15) is 0 Å². The highest BCUT2D eigenvalue weighted by atomic mass is 79.9. The van der Waals surface area contributed by atoms with Crippen LogP contribution < -0.4 is 32.3 Å². The zero-order valence-corrected chi connectivity index (χ0v) is 15.7. The first kappa shape index (κ1) is 18.3. The fourth-order valence-corrected chi connectivity index (χ4v) is 3.01. The van der Waals surface area contributed by atoms with E-state index in [-0.39, 0.29) is 28.8 Å². The zero-order valence-electron chi connectivity index (χ0n) is 13.3. The second kappa shape index (κ2) is 7.67. The van der Waals surface area contributed by atoms with Crippen molar-refractivity contribution in [1.82, 2.24) is 0 Å². The zero-order chi connectivity index (χ0) is 16.4. The monoisotopic (exact) mass is 408 g/mol. The van der Waals surface area contributed by atoms with E-state index in [0.717, 1.165) is 22.1 Å². The number of halogens is 1.